The van der Waals surface area contributed by atoms with Gasteiger partial charge < -0.3 is 32.1 Å². The number of carbonyl (C=O) groups excluding carboxylic acids is 3. The molecule has 0 aliphatic carbocycles. The molecule has 29 heavy (non-hydrogen) atoms. The third kappa shape index (κ3) is 7.28. The van der Waals surface area contributed by atoms with Gasteiger partial charge in [0.15, 0.2) is 0 Å². The van der Waals surface area contributed by atoms with E-state index in [-0.39, 0.29) is 18.2 Å². The highest BCUT2D eigenvalue weighted by Gasteiger charge is 2.38. The third-order valence-corrected chi connectivity index (χ3v) is 5.15. The lowest BCUT2D eigenvalue weighted by molar-refractivity contribution is -0.145. The summed E-state index contributed by atoms with van der Waals surface area (Å²) in [5.41, 5.74) is 11.2. The molecule has 4 atom stereocenters. The van der Waals surface area contributed by atoms with E-state index in [2.05, 4.69) is 10.6 Å². The summed E-state index contributed by atoms with van der Waals surface area (Å²) in [5.74, 6) is -2.49. The maximum atomic E-state index is 12.8. The van der Waals surface area contributed by atoms with Crippen LogP contribution in [0.1, 0.15) is 52.9 Å². The monoisotopic (exact) mass is 413 g/mol. The van der Waals surface area contributed by atoms with E-state index in [1.165, 1.54) is 4.90 Å². The van der Waals surface area contributed by atoms with Crippen LogP contribution in [0.25, 0.3) is 0 Å². The second kappa shape index (κ2) is 11.7. The van der Waals surface area contributed by atoms with Crippen molar-refractivity contribution in [3.05, 3.63) is 0 Å². The SMILES string of the molecule is CC(NC(=O)C(N)C(C)C)C(=O)N1CCCC1C(=O)NC(CCCCN)C(=O)O. The first kappa shape index (κ1) is 24.8. The van der Waals surface area contributed by atoms with E-state index in [0.717, 1.165) is 0 Å². The van der Waals surface area contributed by atoms with E-state index in [4.69, 9.17) is 11.5 Å². The van der Waals surface area contributed by atoms with Gasteiger partial charge in [0.05, 0.1) is 6.04 Å². The van der Waals surface area contributed by atoms with Crippen LogP contribution in [-0.2, 0) is 19.2 Å². The Morgan fingerprint density at radius 2 is 1.79 bits per heavy atom. The zero-order valence-corrected chi connectivity index (χ0v) is 17.5. The quantitative estimate of drug-likeness (QED) is 0.275. The van der Waals surface area contributed by atoms with Gasteiger partial charge in [0.2, 0.25) is 17.7 Å². The summed E-state index contributed by atoms with van der Waals surface area (Å²) >= 11 is 0. The van der Waals surface area contributed by atoms with Gasteiger partial charge >= 0.3 is 5.97 Å². The average molecular weight is 414 g/mol. The highest BCUT2D eigenvalue weighted by atomic mass is 16.4. The van der Waals surface area contributed by atoms with Crippen molar-refractivity contribution in [1.29, 1.82) is 0 Å². The van der Waals surface area contributed by atoms with Crippen LogP contribution in [0, 0.1) is 5.92 Å². The van der Waals surface area contributed by atoms with Gasteiger partial charge in [-0.25, -0.2) is 4.79 Å². The minimum atomic E-state index is -1.12. The molecule has 166 valence electrons. The number of unbranched alkanes of at least 4 members (excludes halogenated alkanes) is 1. The van der Waals surface area contributed by atoms with Crippen LogP contribution in [0.3, 0.4) is 0 Å². The van der Waals surface area contributed by atoms with Gasteiger partial charge in [-0.15, -0.1) is 0 Å². The Bertz CT molecular complexity index is 598. The summed E-state index contributed by atoms with van der Waals surface area (Å²) < 4.78 is 0. The molecular weight excluding hydrogens is 378 g/mol. The number of carboxylic acids is 1. The van der Waals surface area contributed by atoms with E-state index in [9.17, 15) is 24.3 Å². The Labute approximate surface area is 171 Å². The van der Waals surface area contributed by atoms with Crippen LogP contribution < -0.4 is 22.1 Å². The number of hydrogen-bond acceptors (Lipinski definition) is 6. The van der Waals surface area contributed by atoms with Crippen molar-refractivity contribution in [2.24, 2.45) is 17.4 Å². The lowest BCUT2D eigenvalue weighted by Gasteiger charge is -2.28. The van der Waals surface area contributed by atoms with Crippen molar-refractivity contribution >= 4 is 23.7 Å². The van der Waals surface area contributed by atoms with Gasteiger partial charge in [-0.2, -0.15) is 0 Å². The molecule has 1 saturated heterocycles. The fourth-order valence-corrected chi connectivity index (χ4v) is 3.24. The molecule has 0 bridgehead atoms. The van der Waals surface area contributed by atoms with E-state index in [1.54, 1.807) is 6.92 Å². The molecule has 0 saturated carbocycles. The molecule has 1 aliphatic heterocycles. The average Bonchev–Trinajstić information content (AvgIpc) is 3.15. The fourth-order valence-electron chi connectivity index (χ4n) is 3.24. The number of nitrogens with one attached hydrogen (secondary N) is 2. The topological polar surface area (TPSA) is 168 Å². The Balaban J connectivity index is 2.72. The highest BCUT2D eigenvalue weighted by molar-refractivity contribution is 5.94. The summed E-state index contributed by atoms with van der Waals surface area (Å²) in [7, 11) is 0. The number of carboxylic acid groups (broad SMARTS) is 1. The minimum Gasteiger partial charge on any atom is -0.480 e. The number of nitrogens with zero attached hydrogens (tertiary/aromatic N) is 1. The number of likely N-dealkylation sites (tertiary alicyclic amines) is 1. The first-order valence-corrected chi connectivity index (χ1v) is 10.2. The molecule has 10 nitrogen and oxygen atoms in total. The van der Waals surface area contributed by atoms with Crippen molar-refractivity contribution < 1.29 is 24.3 Å². The van der Waals surface area contributed by atoms with Gasteiger partial charge in [-0.05, 0) is 51.5 Å². The summed E-state index contributed by atoms with van der Waals surface area (Å²) in [6.07, 6.45) is 2.60. The smallest absolute Gasteiger partial charge is 0.326 e. The molecule has 1 rings (SSSR count). The predicted octanol–water partition coefficient (Wildman–Crippen LogP) is -0.836. The van der Waals surface area contributed by atoms with Crippen molar-refractivity contribution in [3.63, 3.8) is 0 Å². The zero-order chi connectivity index (χ0) is 22.1. The maximum Gasteiger partial charge on any atom is 0.326 e. The first-order chi connectivity index (χ1) is 13.6. The van der Waals surface area contributed by atoms with Crippen molar-refractivity contribution in [3.8, 4) is 0 Å². The number of amides is 3. The Kier molecular flexibility index (Phi) is 10.0. The molecule has 0 radical (unpaired) electrons. The van der Waals surface area contributed by atoms with E-state index in [1.807, 2.05) is 13.8 Å². The van der Waals surface area contributed by atoms with Crippen LogP contribution >= 0.6 is 0 Å². The van der Waals surface area contributed by atoms with Gasteiger partial charge in [0, 0.05) is 6.54 Å². The molecule has 4 unspecified atom stereocenters. The van der Waals surface area contributed by atoms with E-state index in [0.29, 0.717) is 38.8 Å². The molecule has 1 fully saturated rings. The van der Waals surface area contributed by atoms with Gasteiger partial charge in [-0.3, -0.25) is 14.4 Å². The Hall–Kier alpha value is -2.20. The van der Waals surface area contributed by atoms with Gasteiger partial charge in [0.25, 0.3) is 0 Å². The Morgan fingerprint density at radius 3 is 2.34 bits per heavy atom. The molecule has 0 aromatic carbocycles. The minimum absolute atomic E-state index is 0.0742. The molecular formula is C19H35N5O5. The molecule has 0 spiro atoms. The standard InChI is InChI=1S/C19H35N5O5/c1-11(2)15(21)17(26)22-12(3)18(27)24-10-6-8-14(24)16(25)23-13(19(28)29)7-4-5-9-20/h11-15H,4-10,20-21H2,1-3H3,(H,22,26)(H,23,25)(H,28,29). The van der Waals surface area contributed by atoms with Crippen LogP contribution in [0.4, 0.5) is 0 Å². The van der Waals surface area contributed by atoms with Crippen LogP contribution in [0.2, 0.25) is 0 Å². The van der Waals surface area contributed by atoms with E-state index >= 15 is 0 Å². The summed E-state index contributed by atoms with van der Waals surface area (Å²) in [6.45, 7) is 5.99. The summed E-state index contributed by atoms with van der Waals surface area (Å²) in [5, 5.41) is 14.5. The lowest BCUT2D eigenvalue weighted by Crippen LogP contribution is -2.56. The zero-order valence-electron chi connectivity index (χ0n) is 17.5. The number of hydrogen-bond donors (Lipinski definition) is 5. The molecule has 7 N–H and O–H groups in total. The molecule has 1 heterocycles. The van der Waals surface area contributed by atoms with Crippen molar-refractivity contribution in [2.75, 3.05) is 13.1 Å². The van der Waals surface area contributed by atoms with E-state index < -0.39 is 42.0 Å². The molecule has 1 aliphatic rings. The number of rotatable bonds is 11. The summed E-state index contributed by atoms with van der Waals surface area (Å²) in [4.78, 5) is 50.4. The van der Waals surface area contributed by atoms with Crippen molar-refractivity contribution in [1.82, 2.24) is 15.5 Å². The summed E-state index contributed by atoms with van der Waals surface area (Å²) in [6, 6.07) is -3.34. The van der Waals surface area contributed by atoms with Gasteiger partial charge in [-0.1, -0.05) is 13.8 Å². The van der Waals surface area contributed by atoms with Gasteiger partial charge in [0.1, 0.15) is 18.1 Å². The second-order valence-electron chi connectivity index (χ2n) is 7.87. The number of carbonyl (C=O) groups is 4. The second-order valence-corrected chi connectivity index (χ2v) is 7.87. The molecule has 0 aromatic rings. The molecule has 3 amide bonds. The normalized spacial score (nSPS) is 19.5. The fraction of sp³-hybridized carbons (Fsp3) is 0.789. The Morgan fingerprint density at radius 1 is 1.14 bits per heavy atom. The van der Waals surface area contributed by atoms with Crippen LogP contribution in [0.5, 0.6) is 0 Å². The lowest BCUT2D eigenvalue weighted by atomic mass is 10.0. The molecule has 10 heteroatoms. The highest BCUT2D eigenvalue weighted by Crippen LogP contribution is 2.19. The number of aliphatic carboxylic acids is 1. The predicted molar refractivity (Wildman–Crippen MR) is 108 cm³/mol. The van der Waals surface area contributed by atoms with Crippen LogP contribution in [-0.4, -0.2) is 71.0 Å². The maximum absolute atomic E-state index is 12.8. The van der Waals surface area contributed by atoms with Crippen molar-refractivity contribution in [2.45, 2.75) is 77.0 Å². The van der Waals surface area contributed by atoms with Crippen LogP contribution in [0.15, 0.2) is 0 Å². The first-order valence-electron chi connectivity index (χ1n) is 10.2. The third-order valence-electron chi connectivity index (χ3n) is 5.15. The number of nitrogens with two attached hydrogens (primary N) is 2. The molecule has 0 aromatic heterocycles. The largest absolute Gasteiger partial charge is 0.480 e.